The standard InChI is InChI=1S/C16H20N2/c1-12-4-6-15(7-5-12)14(3)18-11-16-10-17-9-8-13(16)2/h4-10,14,18H,11H2,1-3H3/t14-/m0/s1. The highest BCUT2D eigenvalue weighted by Gasteiger charge is 2.05. The Bertz CT molecular complexity index is 503. The molecule has 1 aromatic carbocycles. The predicted molar refractivity (Wildman–Crippen MR) is 75.4 cm³/mol. The number of rotatable bonds is 4. The molecule has 1 atom stereocenters. The van der Waals surface area contributed by atoms with Crippen molar-refractivity contribution >= 4 is 0 Å². The van der Waals surface area contributed by atoms with Crippen LogP contribution in [0.15, 0.2) is 42.7 Å². The number of benzene rings is 1. The number of nitrogens with one attached hydrogen (secondary N) is 1. The summed E-state index contributed by atoms with van der Waals surface area (Å²) < 4.78 is 0. The molecule has 0 amide bonds. The van der Waals surface area contributed by atoms with E-state index in [4.69, 9.17) is 0 Å². The van der Waals surface area contributed by atoms with Gasteiger partial charge in [0.05, 0.1) is 0 Å². The lowest BCUT2D eigenvalue weighted by molar-refractivity contribution is 0.572. The van der Waals surface area contributed by atoms with Gasteiger partial charge in [0.1, 0.15) is 0 Å². The fourth-order valence-electron chi connectivity index (χ4n) is 1.92. The van der Waals surface area contributed by atoms with Crippen LogP contribution in [-0.2, 0) is 6.54 Å². The first kappa shape index (κ1) is 12.8. The highest BCUT2D eigenvalue weighted by atomic mass is 14.9. The molecule has 18 heavy (non-hydrogen) atoms. The topological polar surface area (TPSA) is 24.9 Å². The van der Waals surface area contributed by atoms with Crippen LogP contribution in [0.2, 0.25) is 0 Å². The molecule has 0 radical (unpaired) electrons. The molecule has 1 N–H and O–H groups in total. The fourth-order valence-corrected chi connectivity index (χ4v) is 1.92. The number of pyridine rings is 1. The van der Waals surface area contributed by atoms with Crippen LogP contribution in [0.25, 0.3) is 0 Å². The maximum atomic E-state index is 4.17. The van der Waals surface area contributed by atoms with Gasteiger partial charge in [0.15, 0.2) is 0 Å². The largest absolute Gasteiger partial charge is 0.306 e. The van der Waals surface area contributed by atoms with Gasteiger partial charge in [-0.1, -0.05) is 29.8 Å². The van der Waals surface area contributed by atoms with E-state index in [1.807, 2.05) is 18.5 Å². The number of hydrogen-bond acceptors (Lipinski definition) is 2. The summed E-state index contributed by atoms with van der Waals surface area (Å²) in [6, 6.07) is 11.1. The summed E-state index contributed by atoms with van der Waals surface area (Å²) in [5.41, 5.74) is 5.17. The van der Waals surface area contributed by atoms with Gasteiger partial charge in [-0.3, -0.25) is 4.98 Å². The maximum absolute atomic E-state index is 4.17. The van der Waals surface area contributed by atoms with Crippen molar-refractivity contribution in [2.45, 2.75) is 33.4 Å². The van der Waals surface area contributed by atoms with Crippen LogP contribution in [0.4, 0.5) is 0 Å². The van der Waals surface area contributed by atoms with Gasteiger partial charge in [-0.05, 0) is 43.5 Å². The molecule has 0 aliphatic carbocycles. The highest BCUT2D eigenvalue weighted by molar-refractivity contribution is 5.25. The molecule has 0 fully saturated rings. The zero-order valence-corrected chi connectivity index (χ0v) is 11.3. The molecule has 0 unspecified atom stereocenters. The summed E-state index contributed by atoms with van der Waals surface area (Å²) in [5.74, 6) is 0. The van der Waals surface area contributed by atoms with E-state index in [-0.39, 0.29) is 0 Å². The zero-order valence-electron chi connectivity index (χ0n) is 11.3. The predicted octanol–water partition coefficient (Wildman–Crippen LogP) is 3.55. The SMILES string of the molecule is Cc1ccc([C@H](C)NCc2cnccc2C)cc1. The van der Waals surface area contributed by atoms with Crippen molar-refractivity contribution in [1.82, 2.24) is 10.3 Å². The third-order valence-electron chi connectivity index (χ3n) is 3.32. The lowest BCUT2D eigenvalue weighted by atomic mass is 10.1. The van der Waals surface area contributed by atoms with Gasteiger partial charge in [0.2, 0.25) is 0 Å². The summed E-state index contributed by atoms with van der Waals surface area (Å²) in [6.45, 7) is 7.28. The van der Waals surface area contributed by atoms with Gasteiger partial charge in [-0.25, -0.2) is 0 Å². The minimum Gasteiger partial charge on any atom is -0.306 e. The van der Waals surface area contributed by atoms with Crippen LogP contribution < -0.4 is 5.32 Å². The van der Waals surface area contributed by atoms with Crippen molar-refractivity contribution < 1.29 is 0 Å². The smallest absolute Gasteiger partial charge is 0.0315 e. The van der Waals surface area contributed by atoms with Crippen molar-refractivity contribution in [3.8, 4) is 0 Å². The summed E-state index contributed by atoms with van der Waals surface area (Å²) in [7, 11) is 0. The molecule has 94 valence electrons. The lowest BCUT2D eigenvalue weighted by Crippen LogP contribution is -2.18. The van der Waals surface area contributed by atoms with Crippen molar-refractivity contribution in [2.24, 2.45) is 0 Å². The molecule has 1 aromatic heterocycles. The molecule has 0 spiro atoms. The average Bonchev–Trinajstić information content (AvgIpc) is 2.38. The molecule has 1 heterocycles. The molecule has 0 saturated heterocycles. The summed E-state index contributed by atoms with van der Waals surface area (Å²) in [5, 5.41) is 3.54. The van der Waals surface area contributed by atoms with E-state index in [1.54, 1.807) is 0 Å². The van der Waals surface area contributed by atoms with Gasteiger partial charge >= 0.3 is 0 Å². The Balaban J connectivity index is 1.98. The van der Waals surface area contributed by atoms with Crippen LogP contribution in [0, 0.1) is 13.8 Å². The highest BCUT2D eigenvalue weighted by Crippen LogP contribution is 2.14. The fraction of sp³-hybridized carbons (Fsp3) is 0.312. The number of hydrogen-bond donors (Lipinski definition) is 1. The maximum Gasteiger partial charge on any atom is 0.0315 e. The van der Waals surface area contributed by atoms with Gasteiger partial charge in [-0.15, -0.1) is 0 Å². The van der Waals surface area contributed by atoms with E-state index in [2.05, 4.69) is 55.3 Å². The van der Waals surface area contributed by atoms with E-state index < -0.39 is 0 Å². The second-order valence-corrected chi connectivity index (χ2v) is 4.82. The molecule has 0 aliphatic rings. The van der Waals surface area contributed by atoms with E-state index in [9.17, 15) is 0 Å². The molecule has 0 bridgehead atoms. The van der Waals surface area contributed by atoms with E-state index >= 15 is 0 Å². The second kappa shape index (κ2) is 5.78. The molecular weight excluding hydrogens is 220 g/mol. The van der Waals surface area contributed by atoms with E-state index in [0.717, 1.165) is 6.54 Å². The summed E-state index contributed by atoms with van der Waals surface area (Å²) in [6.07, 6.45) is 3.77. The van der Waals surface area contributed by atoms with Crippen molar-refractivity contribution in [3.05, 3.63) is 65.0 Å². The van der Waals surface area contributed by atoms with E-state index in [0.29, 0.717) is 6.04 Å². The molecule has 0 saturated carbocycles. The number of aromatic nitrogens is 1. The Morgan fingerprint density at radius 2 is 1.83 bits per heavy atom. The Morgan fingerprint density at radius 3 is 2.50 bits per heavy atom. The van der Waals surface area contributed by atoms with Gasteiger partial charge < -0.3 is 5.32 Å². The Labute approximate surface area is 109 Å². The molecule has 2 rings (SSSR count). The molecule has 2 aromatic rings. The third-order valence-corrected chi connectivity index (χ3v) is 3.32. The average molecular weight is 240 g/mol. The molecule has 2 heteroatoms. The number of aryl methyl sites for hydroxylation is 2. The van der Waals surface area contributed by atoms with Gasteiger partial charge in [0, 0.05) is 25.0 Å². The van der Waals surface area contributed by atoms with Crippen LogP contribution in [0.3, 0.4) is 0 Å². The first-order valence-corrected chi connectivity index (χ1v) is 6.36. The van der Waals surface area contributed by atoms with Crippen LogP contribution in [0.1, 0.15) is 35.2 Å². The van der Waals surface area contributed by atoms with Crippen molar-refractivity contribution in [3.63, 3.8) is 0 Å². The first-order valence-electron chi connectivity index (χ1n) is 6.36. The molecular formula is C16H20N2. The molecule has 2 nitrogen and oxygen atoms in total. The minimum absolute atomic E-state index is 0.352. The zero-order chi connectivity index (χ0) is 13.0. The summed E-state index contributed by atoms with van der Waals surface area (Å²) >= 11 is 0. The lowest BCUT2D eigenvalue weighted by Gasteiger charge is -2.15. The van der Waals surface area contributed by atoms with Crippen LogP contribution >= 0.6 is 0 Å². The Morgan fingerprint density at radius 1 is 1.11 bits per heavy atom. The van der Waals surface area contributed by atoms with Crippen LogP contribution in [-0.4, -0.2) is 4.98 Å². The molecule has 0 aliphatic heterocycles. The van der Waals surface area contributed by atoms with Crippen molar-refractivity contribution in [2.75, 3.05) is 0 Å². The van der Waals surface area contributed by atoms with Crippen molar-refractivity contribution in [1.29, 1.82) is 0 Å². The van der Waals surface area contributed by atoms with Crippen LogP contribution in [0.5, 0.6) is 0 Å². The Kier molecular flexibility index (Phi) is 4.11. The summed E-state index contributed by atoms with van der Waals surface area (Å²) in [4.78, 5) is 4.17. The first-order chi connectivity index (χ1) is 8.66. The Hall–Kier alpha value is -1.67. The monoisotopic (exact) mass is 240 g/mol. The third kappa shape index (κ3) is 3.17. The van der Waals surface area contributed by atoms with Gasteiger partial charge in [-0.2, -0.15) is 0 Å². The minimum atomic E-state index is 0.352. The van der Waals surface area contributed by atoms with E-state index in [1.165, 1.54) is 22.3 Å². The number of nitrogens with zero attached hydrogens (tertiary/aromatic N) is 1. The second-order valence-electron chi connectivity index (χ2n) is 4.82. The normalized spacial score (nSPS) is 12.4. The van der Waals surface area contributed by atoms with Gasteiger partial charge in [0.25, 0.3) is 0 Å². The quantitative estimate of drug-likeness (QED) is 0.884.